The Kier molecular flexibility index (Phi) is 6.27. The minimum Gasteiger partial charge on any atom is -0.497 e. The molecule has 142 valence electrons. The molecule has 0 atom stereocenters. The van der Waals surface area contributed by atoms with Crippen LogP contribution in [0.15, 0.2) is 53.1 Å². The average molecular weight is 369 g/mol. The predicted octanol–water partition coefficient (Wildman–Crippen LogP) is 3.26. The minimum atomic E-state index is 0.545. The third-order valence-electron chi connectivity index (χ3n) is 4.00. The fourth-order valence-corrected chi connectivity index (χ4v) is 2.50. The van der Waals surface area contributed by atoms with E-state index in [1.54, 1.807) is 14.2 Å². The van der Waals surface area contributed by atoms with Crippen LogP contribution in [-0.4, -0.2) is 49.5 Å². The molecule has 0 unspecified atom stereocenters. The van der Waals surface area contributed by atoms with Crippen molar-refractivity contribution in [3.8, 4) is 28.6 Å². The van der Waals surface area contributed by atoms with Crippen LogP contribution in [0, 0.1) is 0 Å². The number of nitrogens with zero attached hydrogens (tertiary/aromatic N) is 3. The number of rotatable bonds is 9. The smallest absolute Gasteiger partial charge is 0.241 e. The summed E-state index contributed by atoms with van der Waals surface area (Å²) in [6.45, 7) is 1.82. The summed E-state index contributed by atoms with van der Waals surface area (Å²) >= 11 is 0. The van der Waals surface area contributed by atoms with Gasteiger partial charge in [-0.3, -0.25) is 4.90 Å². The van der Waals surface area contributed by atoms with Gasteiger partial charge in [-0.05, 0) is 43.4 Å². The first-order valence-corrected chi connectivity index (χ1v) is 8.60. The maximum Gasteiger partial charge on any atom is 0.241 e. The molecule has 7 heteroatoms. The Hall–Kier alpha value is -3.06. The normalized spacial score (nSPS) is 10.8. The number of methoxy groups -OCH3 is 2. The molecular weight excluding hydrogens is 346 g/mol. The van der Waals surface area contributed by atoms with Gasteiger partial charge in [-0.25, -0.2) is 0 Å². The Morgan fingerprint density at radius 3 is 2.44 bits per heavy atom. The van der Waals surface area contributed by atoms with E-state index in [1.165, 1.54) is 0 Å². The van der Waals surface area contributed by atoms with Gasteiger partial charge in [0, 0.05) is 12.1 Å². The molecule has 0 spiro atoms. The lowest BCUT2D eigenvalue weighted by molar-refractivity contribution is 0.212. The van der Waals surface area contributed by atoms with Crippen molar-refractivity contribution in [1.29, 1.82) is 0 Å². The molecule has 0 bridgehead atoms. The van der Waals surface area contributed by atoms with Crippen molar-refractivity contribution >= 4 is 0 Å². The molecule has 3 rings (SSSR count). The van der Waals surface area contributed by atoms with Gasteiger partial charge >= 0.3 is 0 Å². The zero-order valence-corrected chi connectivity index (χ0v) is 15.7. The van der Waals surface area contributed by atoms with Gasteiger partial charge in [0.25, 0.3) is 0 Å². The fraction of sp³-hybridized carbons (Fsp3) is 0.300. The summed E-state index contributed by atoms with van der Waals surface area (Å²) in [5.41, 5.74) is 0.856. The van der Waals surface area contributed by atoms with E-state index in [2.05, 4.69) is 15.0 Å². The molecule has 2 aromatic carbocycles. The average Bonchev–Trinajstić information content (AvgIpc) is 3.17. The van der Waals surface area contributed by atoms with Gasteiger partial charge in [0.15, 0.2) is 0 Å². The zero-order valence-electron chi connectivity index (χ0n) is 15.7. The predicted molar refractivity (Wildman–Crippen MR) is 101 cm³/mol. The highest BCUT2D eigenvalue weighted by atomic mass is 16.5. The van der Waals surface area contributed by atoms with Gasteiger partial charge in [-0.2, -0.15) is 4.98 Å². The van der Waals surface area contributed by atoms with E-state index in [4.69, 9.17) is 18.7 Å². The molecule has 1 aromatic heterocycles. The van der Waals surface area contributed by atoms with Gasteiger partial charge in [-0.1, -0.05) is 17.3 Å². The zero-order chi connectivity index (χ0) is 19.1. The standard InChI is InChI=1S/C20H23N3O4/c1-23(11-12-26-17-9-7-16(24-2)8-10-17)14-19-21-20(22-27-19)15-5-4-6-18(13-15)25-3/h4-10,13H,11-12,14H2,1-3H3. The van der Waals surface area contributed by atoms with Crippen molar-refractivity contribution in [3.05, 3.63) is 54.4 Å². The molecular formula is C20H23N3O4. The summed E-state index contributed by atoms with van der Waals surface area (Å²) in [6, 6.07) is 15.1. The number of aromatic nitrogens is 2. The highest BCUT2D eigenvalue weighted by Gasteiger charge is 2.11. The highest BCUT2D eigenvalue weighted by Crippen LogP contribution is 2.21. The van der Waals surface area contributed by atoms with Crippen molar-refractivity contribution in [1.82, 2.24) is 15.0 Å². The van der Waals surface area contributed by atoms with E-state index in [-0.39, 0.29) is 0 Å². The van der Waals surface area contributed by atoms with Crippen molar-refractivity contribution < 1.29 is 18.7 Å². The summed E-state index contributed by atoms with van der Waals surface area (Å²) in [4.78, 5) is 6.51. The van der Waals surface area contributed by atoms with E-state index < -0.39 is 0 Å². The van der Waals surface area contributed by atoms with Gasteiger partial charge < -0.3 is 18.7 Å². The van der Waals surface area contributed by atoms with E-state index in [0.717, 1.165) is 29.4 Å². The van der Waals surface area contributed by atoms with Crippen LogP contribution in [0.3, 0.4) is 0 Å². The Balaban J connectivity index is 1.49. The van der Waals surface area contributed by atoms with Crippen molar-refractivity contribution in [2.45, 2.75) is 6.54 Å². The second-order valence-corrected chi connectivity index (χ2v) is 6.01. The van der Waals surface area contributed by atoms with Gasteiger partial charge in [0.05, 0.1) is 20.8 Å². The summed E-state index contributed by atoms with van der Waals surface area (Å²) in [5, 5.41) is 4.05. The fourth-order valence-electron chi connectivity index (χ4n) is 2.50. The first-order valence-electron chi connectivity index (χ1n) is 8.60. The largest absolute Gasteiger partial charge is 0.497 e. The van der Waals surface area contributed by atoms with E-state index in [0.29, 0.717) is 24.9 Å². The lowest BCUT2D eigenvalue weighted by Gasteiger charge is -2.14. The molecule has 0 radical (unpaired) electrons. The van der Waals surface area contributed by atoms with Crippen LogP contribution in [0.25, 0.3) is 11.4 Å². The molecule has 7 nitrogen and oxygen atoms in total. The van der Waals surface area contributed by atoms with Gasteiger partial charge in [0.2, 0.25) is 11.7 Å². The van der Waals surface area contributed by atoms with Crippen LogP contribution in [0.4, 0.5) is 0 Å². The molecule has 0 aliphatic carbocycles. The SMILES string of the molecule is COc1ccc(OCCN(C)Cc2nc(-c3cccc(OC)c3)no2)cc1. The second kappa shape index (κ2) is 9.05. The van der Waals surface area contributed by atoms with Crippen LogP contribution in [-0.2, 0) is 6.54 Å². The number of hydrogen-bond acceptors (Lipinski definition) is 7. The summed E-state index contributed by atoms with van der Waals surface area (Å²) < 4.78 is 21.4. The number of ether oxygens (including phenoxy) is 3. The summed E-state index contributed by atoms with van der Waals surface area (Å²) in [6.07, 6.45) is 0. The molecule has 0 saturated carbocycles. The van der Waals surface area contributed by atoms with Crippen LogP contribution >= 0.6 is 0 Å². The molecule has 3 aromatic rings. The molecule has 0 amide bonds. The third-order valence-corrected chi connectivity index (χ3v) is 4.00. The van der Waals surface area contributed by atoms with E-state index >= 15 is 0 Å². The number of likely N-dealkylation sites (N-methyl/N-ethyl adjacent to an activating group) is 1. The van der Waals surface area contributed by atoms with E-state index in [1.807, 2.05) is 55.6 Å². The van der Waals surface area contributed by atoms with Crippen LogP contribution in [0.5, 0.6) is 17.2 Å². The van der Waals surface area contributed by atoms with Crippen LogP contribution < -0.4 is 14.2 Å². The molecule has 0 aliphatic rings. The first kappa shape index (κ1) is 18.7. The Morgan fingerprint density at radius 2 is 1.70 bits per heavy atom. The molecule has 0 saturated heterocycles. The van der Waals surface area contributed by atoms with Gasteiger partial charge in [-0.15, -0.1) is 0 Å². The monoisotopic (exact) mass is 369 g/mol. The Morgan fingerprint density at radius 1 is 0.963 bits per heavy atom. The number of benzene rings is 2. The molecule has 0 aliphatic heterocycles. The summed E-state index contributed by atoms with van der Waals surface area (Å²) in [7, 11) is 5.25. The number of hydrogen-bond donors (Lipinski definition) is 0. The lowest BCUT2D eigenvalue weighted by Crippen LogP contribution is -2.24. The topological polar surface area (TPSA) is 69.9 Å². The van der Waals surface area contributed by atoms with Crippen LogP contribution in [0.1, 0.15) is 5.89 Å². The second-order valence-electron chi connectivity index (χ2n) is 6.01. The quantitative estimate of drug-likeness (QED) is 0.573. The molecule has 0 N–H and O–H groups in total. The molecule has 0 fully saturated rings. The highest BCUT2D eigenvalue weighted by molar-refractivity contribution is 5.56. The molecule has 27 heavy (non-hydrogen) atoms. The van der Waals surface area contributed by atoms with Gasteiger partial charge in [0.1, 0.15) is 23.9 Å². The van der Waals surface area contributed by atoms with Crippen molar-refractivity contribution in [3.63, 3.8) is 0 Å². The maximum atomic E-state index is 5.74. The summed E-state index contributed by atoms with van der Waals surface area (Å²) in [5.74, 6) is 3.48. The minimum absolute atomic E-state index is 0.545. The third kappa shape index (κ3) is 5.21. The van der Waals surface area contributed by atoms with E-state index in [9.17, 15) is 0 Å². The maximum absolute atomic E-state index is 5.74. The Labute approximate surface area is 158 Å². The van der Waals surface area contributed by atoms with Crippen molar-refractivity contribution in [2.75, 3.05) is 34.4 Å². The Bertz CT molecular complexity index is 848. The van der Waals surface area contributed by atoms with Crippen molar-refractivity contribution in [2.24, 2.45) is 0 Å². The lowest BCUT2D eigenvalue weighted by atomic mass is 10.2. The molecule has 1 heterocycles. The first-order chi connectivity index (χ1) is 13.2. The van der Waals surface area contributed by atoms with Crippen LogP contribution in [0.2, 0.25) is 0 Å².